The van der Waals surface area contributed by atoms with Crippen LogP contribution in [0.4, 0.5) is 11.5 Å². The predicted molar refractivity (Wildman–Crippen MR) is 47.1 cm³/mol. The summed E-state index contributed by atoms with van der Waals surface area (Å²) in [7, 11) is -3.46. The highest BCUT2D eigenvalue weighted by atomic mass is 32.2. The van der Waals surface area contributed by atoms with Gasteiger partial charge in [-0.25, -0.2) is 8.42 Å². The Bertz CT molecular complexity index is 510. The third-order valence-corrected chi connectivity index (χ3v) is 3.00. The number of hydrogen-bond donors (Lipinski definition) is 1. The average Bonchev–Trinajstić information content (AvgIpc) is 2.36. The lowest BCUT2D eigenvalue weighted by Crippen LogP contribution is -2.06. The fourth-order valence-electron chi connectivity index (χ4n) is 1.26. The molecule has 74 valence electrons. The van der Waals surface area contributed by atoms with Gasteiger partial charge in [0.25, 0.3) is 0 Å². The third kappa shape index (κ3) is 1.29. The molecule has 0 spiro atoms. The molecular weight excluding hydrogens is 210 g/mol. The summed E-state index contributed by atoms with van der Waals surface area (Å²) in [6.45, 7) is 0. The van der Waals surface area contributed by atoms with Crippen LogP contribution in [0.25, 0.3) is 0 Å². The van der Waals surface area contributed by atoms with Crippen LogP contribution in [0.2, 0.25) is 0 Å². The van der Waals surface area contributed by atoms with Gasteiger partial charge in [0.15, 0.2) is 5.69 Å². The van der Waals surface area contributed by atoms with Gasteiger partial charge in [-0.15, -0.1) is 0 Å². The molecule has 1 N–H and O–H groups in total. The molecule has 2 rings (SSSR count). The highest BCUT2D eigenvalue weighted by Crippen LogP contribution is 2.33. The average molecular weight is 215 g/mol. The first-order valence-corrected chi connectivity index (χ1v) is 5.27. The molecule has 0 amide bonds. The molecule has 0 aromatic carbocycles. The highest BCUT2D eigenvalue weighted by molar-refractivity contribution is 7.92. The van der Waals surface area contributed by atoms with Crippen molar-refractivity contribution in [1.82, 2.24) is 4.98 Å². The van der Waals surface area contributed by atoms with E-state index in [1.807, 2.05) is 0 Å². The number of nitro groups is 1. The van der Waals surface area contributed by atoms with E-state index in [1.165, 1.54) is 12.3 Å². The van der Waals surface area contributed by atoms with Crippen molar-refractivity contribution in [2.75, 3.05) is 4.72 Å². The molecule has 1 aromatic heterocycles. The minimum Gasteiger partial charge on any atom is -0.358 e. The van der Waals surface area contributed by atoms with Gasteiger partial charge in [-0.1, -0.05) is 0 Å². The zero-order chi connectivity index (χ0) is 10.3. The summed E-state index contributed by atoms with van der Waals surface area (Å²) in [4.78, 5) is 13.3. The number of hydrogen-bond acceptors (Lipinski definition) is 5. The first kappa shape index (κ1) is 8.88. The molecule has 0 unspecified atom stereocenters. The summed E-state index contributed by atoms with van der Waals surface area (Å²) in [6, 6.07) is 1.44. The normalized spacial score (nSPS) is 17.1. The second-order valence-electron chi connectivity index (χ2n) is 2.79. The summed E-state index contributed by atoms with van der Waals surface area (Å²) in [6.07, 6.45) is 1.22. The van der Waals surface area contributed by atoms with Crippen LogP contribution in [-0.2, 0) is 15.8 Å². The van der Waals surface area contributed by atoms with E-state index in [1.54, 1.807) is 0 Å². The Labute approximate surface area is 79.0 Å². The maximum Gasteiger partial charge on any atom is 0.388 e. The lowest BCUT2D eigenvalue weighted by atomic mass is 10.2. The lowest BCUT2D eigenvalue weighted by Gasteiger charge is -1.97. The molecule has 2 heterocycles. The van der Waals surface area contributed by atoms with E-state index in [2.05, 4.69) is 9.71 Å². The summed E-state index contributed by atoms with van der Waals surface area (Å²) in [5.41, 5.74) is 0.365. The molecule has 7 nitrogen and oxygen atoms in total. The molecule has 1 aromatic rings. The van der Waals surface area contributed by atoms with Crippen LogP contribution >= 0.6 is 0 Å². The van der Waals surface area contributed by atoms with Crippen LogP contribution in [0.5, 0.6) is 0 Å². The van der Waals surface area contributed by atoms with E-state index in [0.717, 1.165) is 0 Å². The minimum atomic E-state index is -3.46. The molecule has 1 aliphatic rings. The van der Waals surface area contributed by atoms with Crippen molar-refractivity contribution in [3.05, 3.63) is 27.9 Å². The smallest absolute Gasteiger partial charge is 0.358 e. The lowest BCUT2D eigenvalue weighted by molar-refractivity contribution is -0.388. The molecule has 8 heteroatoms. The second-order valence-corrected chi connectivity index (χ2v) is 4.51. The van der Waals surface area contributed by atoms with Gasteiger partial charge in [0.2, 0.25) is 10.0 Å². The van der Waals surface area contributed by atoms with Crippen LogP contribution in [0, 0.1) is 10.1 Å². The first-order chi connectivity index (χ1) is 6.49. The van der Waals surface area contributed by atoms with Crippen molar-refractivity contribution in [3.8, 4) is 0 Å². The molecular formula is C6H5N3O4S. The minimum absolute atomic E-state index is 0.0162. The van der Waals surface area contributed by atoms with Gasteiger partial charge in [-0.3, -0.25) is 4.72 Å². The largest absolute Gasteiger partial charge is 0.388 e. The van der Waals surface area contributed by atoms with Gasteiger partial charge >= 0.3 is 5.82 Å². The van der Waals surface area contributed by atoms with Crippen LogP contribution in [0.3, 0.4) is 0 Å². The van der Waals surface area contributed by atoms with E-state index in [9.17, 15) is 18.5 Å². The van der Waals surface area contributed by atoms with Crippen LogP contribution < -0.4 is 4.72 Å². The SMILES string of the molecule is O=[N+]([O-])c1nccc2c1NS(=O)(=O)C2. The Morgan fingerprint density at radius 2 is 2.29 bits per heavy atom. The monoisotopic (exact) mass is 215 g/mol. The maximum absolute atomic E-state index is 11.1. The molecule has 0 fully saturated rings. The molecule has 0 aliphatic carbocycles. The number of sulfonamides is 1. The quantitative estimate of drug-likeness (QED) is 0.534. The Hall–Kier alpha value is -1.70. The number of nitrogens with one attached hydrogen (secondary N) is 1. The van der Waals surface area contributed by atoms with Crippen molar-refractivity contribution < 1.29 is 13.3 Å². The van der Waals surface area contributed by atoms with Gasteiger partial charge in [0.05, 0.1) is 5.75 Å². The molecule has 0 atom stereocenters. The van der Waals surface area contributed by atoms with Gasteiger partial charge in [-0.05, 0) is 16.0 Å². The second kappa shape index (κ2) is 2.64. The Balaban J connectivity index is 2.63. The third-order valence-electron chi connectivity index (χ3n) is 1.79. The van der Waals surface area contributed by atoms with Crippen molar-refractivity contribution in [1.29, 1.82) is 0 Å². The van der Waals surface area contributed by atoms with Gasteiger partial charge < -0.3 is 10.1 Å². The number of fused-ring (bicyclic) bond motifs is 1. The van der Waals surface area contributed by atoms with Crippen molar-refractivity contribution >= 4 is 21.5 Å². The molecule has 0 saturated carbocycles. The Kier molecular flexibility index (Phi) is 1.68. The number of rotatable bonds is 1. The molecule has 0 saturated heterocycles. The first-order valence-electron chi connectivity index (χ1n) is 3.62. The topological polar surface area (TPSA) is 102 Å². The van der Waals surface area contributed by atoms with Crippen LogP contribution in [-0.4, -0.2) is 18.3 Å². The molecule has 0 radical (unpaired) electrons. The van der Waals surface area contributed by atoms with E-state index in [4.69, 9.17) is 0 Å². The van der Waals surface area contributed by atoms with Crippen molar-refractivity contribution in [2.24, 2.45) is 0 Å². The van der Waals surface area contributed by atoms with Gasteiger partial charge in [0.1, 0.15) is 6.20 Å². The van der Waals surface area contributed by atoms with Crippen LogP contribution in [0.1, 0.15) is 5.56 Å². The zero-order valence-corrected chi connectivity index (χ0v) is 7.61. The zero-order valence-electron chi connectivity index (χ0n) is 6.80. The van der Waals surface area contributed by atoms with Crippen molar-refractivity contribution in [3.63, 3.8) is 0 Å². The summed E-state index contributed by atoms with van der Waals surface area (Å²) < 4.78 is 24.3. The number of anilines is 1. The van der Waals surface area contributed by atoms with Crippen molar-refractivity contribution in [2.45, 2.75) is 5.75 Å². The number of pyridine rings is 1. The highest BCUT2D eigenvalue weighted by Gasteiger charge is 2.31. The van der Waals surface area contributed by atoms with Gasteiger partial charge in [0, 0.05) is 5.56 Å². The van der Waals surface area contributed by atoms with E-state index in [0.29, 0.717) is 5.56 Å². The Morgan fingerprint density at radius 1 is 1.57 bits per heavy atom. The summed E-state index contributed by atoms with van der Waals surface area (Å²) in [5, 5.41) is 10.5. The number of nitrogens with zero attached hydrogens (tertiary/aromatic N) is 2. The number of aromatic nitrogens is 1. The molecule has 0 bridgehead atoms. The standard InChI is InChI=1S/C6H5N3O4S/c10-9(11)6-5-4(1-2-7-6)3-14(12,13)8-5/h1-2,8H,3H2. The fraction of sp³-hybridized carbons (Fsp3) is 0.167. The molecule has 14 heavy (non-hydrogen) atoms. The Morgan fingerprint density at radius 3 is 2.93 bits per heavy atom. The predicted octanol–water partition coefficient (Wildman–Crippen LogP) is 0.245. The van der Waals surface area contributed by atoms with E-state index in [-0.39, 0.29) is 11.4 Å². The van der Waals surface area contributed by atoms with Gasteiger partial charge in [-0.2, -0.15) is 0 Å². The fourth-order valence-corrected chi connectivity index (χ4v) is 2.51. The van der Waals surface area contributed by atoms with E-state index >= 15 is 0 Å². The summed E-state index contributed by atoms with van der Waals surface area (Å²) in [5.74, 6) is -0.685. The van der Waals surface area contributed by atoms with Crippen LogP contribution in [0.15, 0.2) is 12.3 Å². The molecule has 1 aliphatic heterocycles. The maximum atomic E-state index is 11.1. The van der Waals surface area contributed by atoms with E-state index < -0.39 is 20.8 Å². The summed E-state index contributed by atoms with van der Waals surface area (Å²) >= 11 is 0.